The molecule has 3 heteroatoms. The summed E-state index contributed by atoms with van der Waals surface area (Å²) in [5.74, 6) is 1.81. The van der Waals surface area contributed by atoms with Crippen LogP contribution in [0, 0.1) is 5.92 Å². The molecule has 3 nitrogen and oxygen atoms in total. The van der Waals surface area contributed by atoms with E-state index >= 15 is 0 Å². The Morgan fingerprint density at radius 2 is 2.00 bits per heavy atom. The number of anilines is 1. The molecule has 2 rings (SSSR count). The quantitative estimate of drug-likeness (QED) is 0.905. The molecule has 1 aliphatic rings. The van der Waals surface area contributed by atoms with Crippen LogP contribution in [0.5, 0.6) is 0 Å². The average Bonchev–Trinajstić information content (AvgIpc) is 2.31. The zero-order valence-corrected chi connectivity index (χ0v) is 12.6. The number of aliphatic hydroxyl groups excluding tert-OH is 1. The minimum Gasteiger partial charge on any atom is -0.392 e. The Morgan fingerprint density at radius 3 is 2.47 bits per heavy atom. The predicted molar refractivity (Wildman–Crippen MR) is 79.5 cm³/mol. The van der Waals surface area contributed by atoms with Crippen LogP contribution in [-0.2, 0) is 12.0 Å². The van der Waals surface area contributed by atoms with E-state index in [2.05, 4.69) is 32.7 Å². The fourth-order valence-electron chi connectivity index (χ4n) is 2.40. The molecule has 1 aromatic rings. The third-order valence-corrected chi connectivity index (χ3v) is 3.97. The molecule has 1 N–H and O–H groups in total. The van der Waals surface area contributed by atoms with Gasteiger partial charge in [0, 0.05) is 24.7 Å². The summed E-state index contributed by atoms with van der Waals surface area (Å²) < 4.78 is 0. The molecule has 1 heterocycles. The van der Waals surface area contributed by atoms with Gasteiger partial charge in [0.1, 0.15) is 5.82 Å². The van der Waals surface area contributed by atoms with Crippen LogP contribution in [0.3, 0.4) is 0 Å². The number of hydrogen-bond acceptors (Lipinski definition) is 3. The minimum atomic E-state index is 0.0112. The molecule has 0 radical (unpaired) electrons. The van der Waals surface area contributed by atoms with Crippen molar-refractivity contribution in [3.05, 3.63) is 23.4 Å². The number of rotatable bonds is 4. The Balaban J connectivity index is 2.22. The normalized spacial score (nSPS) is 16.3. The van der Waals surface area contributed by atoms with Crippen LogP contribution >= 0.6 is 0 Å². The first-order valence-corrected chi connectivity index (χ1v) is 7.23. The van der Waals surface area contributed by atoms with Crippen molar-refractivity contribution in [1.82, 2.24) is 4.98 Å². The van der Waals surface area contributed by atoms with Crippen molar-refractivity contribution in [3.8, 4) is 0 Å². The Morgan fingerprint density at radius 1 is 1.32 bits per heavy atom. The minimum absolute atomic E-state index is 0.0112. The first-order chi connectivity index (χ1) is 8.90. The maximum atomic E-state index is 9.43. The molecular weight excluding hydrogens is 236 g/mol. The van der Waals surface area contributed by atoms with Gasteiger partial charge in [-0.25, -0.2) is 4.98 Å². The van der Waals surface area contributed by atoms with E-state index < -0.39 is 0 Å². The first kappa shape index (κ1) is 14.3. The molecule has 1 aromatic heterocycles. The van der Waals surface area contributed by atoms with Gasteiger partial charge in [0.2, 0.25) is 0 Å². The molecule has 0 aliphatic heterocycles. The van der Waals surface area contributed by atoms with E-state index in [0.717, 1.165) is 29.5 Å². The van der Waals surface area contributed by atoms with Crippen LogP contribution in [0.15, 0.2) is 12.1 Å². The van der Waals surface area contributed by atoms with Gasteiger partial charge in [-0.2, -0.15) is 0 Å². The van der Waals surface area contributed by atoms with E-state index in [9.17, 15) is 5.11 Å². The Kier molecular flexibility index (Phi) is 4.14. The molecule has 0 atom stereocenters. The Hall–Kier alpha value is -1.09. The fraction of sp³-hybridized carbons (Fsp3) is 0.688. The third kappa shape index (κ3) is 3.47. The molecule has 0 amide bonds. The monoisotopic (exact) mass is 262 g/mol. The lowest BCUT2D eigenvalue weighted by Gasteiger charge is -2.31. The zero-order chi connectivity index (χ0) is 14.0. The van der Waals surface area contributed by atoms with Gasteiger partial charge in [-0.1, -0.05) is 27.2 Å². The molecule has 1 saturated carbocycles. The van der Waals surface area contributed by atoms with Gasteiger partial charge in [-0.3, -0.25) is 0 Å². The smallest absolute Gasteiger partial charge is 0.128 e. The largest absolute Gasteiger partial charge is 0.392 e. The van der Waals surface area contributed by atoms with Crippen molar-refractivity contribution in [3.63, 3.8) is 0 Å². The predicted octanol–water partition coefficient (Wildman–Crippen LogP) is 3.11. The third-order valence-electron chi connectivity index (χ3n) is 3.97. The second-order valence-corrected chi connectivity index (χ2v) is 6.80. The van der Waals surface area contributed by atoms with E-state index in [0.29, 0.717) is 0 Å². The lowest BCUT2D eigenvalue weighted by molar-refractivity contribution is 0.281. The summed E-state index contributed by atoms with van der Waals surface area (Å²) >= 11 is 0. The van der Waals surface area contributed by atoms with E-state index in [-0.39, 0.29) is 12.0 Å². The molecule has 106 valence electrons. The summed E-state index contributed by atoms with van der Waals surface area (Å²) in [4.78, 5) is 7.01. The lowest BCUT2D eigenvalue weighted by atomic mass is 9.85. The number of hydrogen-bond donors (Lipinski definition) is 1. The second kappa shape index (κ2) is 5.49. The molecular formula is C16H26N2O. The molecule has 1 aliphatic carbocycles. The molecule has 19 heavy (non-hydrogen) atoms. The van der Waals surface area contributed by atoms with E-state index in [1.54, 1.807) is 0 Å². The molecule has 0 saturated heterocycles. The van der Waals surface area contributed by atoms with Crippen molar-refractivity contribution in [2.45, 2.75) is 52.1 Å². The van der Waals surface area contributed by atoms with Crippen molar-refractivity contribution < 1.29 is 5.11 Å². The number of nitrogens with zero attached hydrogens (tertiary/aromatic N) is 2. The maximum Gasteiger partial charge on any atom is 0.128 e. The van der Waals surface area contributed by atoms with Gasteiger partial charge in [0.25, 0.3) is 0 Å². The molecule has 0 bridgehead atoms. The van der Waals surface area contributed by atoms with Gasteiger partial charge < -0.3 is 10.0 Å². The zero-order valence-electron chi connectivity index (χ0n) is 12.6. The van der Waals surface area contributed by atoms with Gasteiger partial charge in [-0.05, 0) is 36.5 Å². The summed E-state index contributed by atoms with van der Waals surface area (Å²) in [5, 5.41) is 9.43. The first-order valence-electron chi connectivity index (χ1n) is 7.23. The molecule has 0 spiro atoms. The topological polar surface area (TPSA) is 36.4 Å². The second-order valence-electron chi connectivity index (χ2n) is 6.80. The highest BCUT2D eigenvalue weighted by Gasteiger charge is 2.22. The molecule has 0 aromatic carbocycles. The van der Waals surface area contributed by atoms with Gasteiger partial charge in [0.05, 0.1) is 6.61 Å². The van der Waals surface area contributed by atoms with Gasteiger partial charge in [0.15, 0.2) is 0 Å². The highest BCUT2D eigenvalue weighted by molar-refractivity contribution is 5.43. The Labute approximate surface area is 116 Å². The SMILES string of the molecule is CN(CC1CCC1)c1cc(CO)cc(C(C)(C)C)n1. The van der Waals surface area contributed by atoms with Crippen molar-refractivity contribution >= 4 is 5.82 Å². The molecule has 0 unspecified atom stereocenters. The average molecular weight is 262 g/mol. The number of aromatic nitrogens is 1. The standard InChI is InChI=1S/C16H26N2O/c1-16(2,3)14-8-13(11-19)9-15(17-14)18(4)10-12-6-5-7-12/h8-9,12,19H,5-7,10-11H2,1-4H3. The van der Waals surface area contributed by atoms with E-state index in [1.807, 2.05) is 12.1 Å². The summed E-state index contributed by atoms with van der Waals surface area (Å²) in [5.41, 5.74) is 2.02. The van der Waals surface area contributed by atoms with Crippen LogP contribution in [0.1, 0.15) is 51.3 Å². The molecule has 1 fully saturated rings. The van der Waals surface area contributed by atoms with Gasteiger partial charge in [-0.15, -0.1) is 0 Å². The van der Waals surface area contributed by atoms with Crippen LogP contribution in [0.25, 0.3) is 0 Å². The highest BCUT2D eigenvalue weighted by Crippen LogP contribution is 2.29. The number of pyridine rings is 1. The van der Waals surface area contributed by atoms with Crippen LogP contribution in [0.4, 0.5) is 5.82 Å². The van der Waals surface area contributed by atoms with Gasteiger partial charge >= 0.3 is 0 Å². The van der Waals surface area contributed by atoms with Crippen LogP contribution in [0.2, 0.25) is 0 Å². The summed E-state index contributed by atoms with van der Waals surface area (Å²) in [7, 11) is 2.11. The van der Waals surface area contributed by atoms with Crippen LogP contribution < -0.4 is 4.90 Å². The maximum absolute atomic E-state index is 9.43. The summed E-state index contributed by atoms with van der Waals surface area (Å²) in [6, 6.07) is 4.02. The Bertz CT molecular complexity index is 433. The van der Waals surface area contributed by atoms with Crippen molar-refractivity contribution in [2.24, 2.45) is 5.92 Å². The summed E-state index contributed by atoms with van der Waals surface area (Å²) in [6.07, 6.45) is 4.06. The summed E-state index contributed by atoms with van der Waals surface area (Å²) in [6.45, 7) is 7.63. The van der Waals surface area contributed by atoms with Crippen molar-refractivity contribution in [2.75, 3.05) is 18.5 Å². The lowest BCUT2D eigenvalue weighted by Crippen LogP contribution is -2.30. The fourth-order valence-corrected chi connectivity index (χ4v) is 2.40. The number of aliphatic hydroxyl groups is 1. The highest BCUT2D eigenvalue weighted by atomic mass is 16.3. The van der Waals surface area contributed by atoms with Crippen LogP contribution in [-0.4, -0.2) is 23.7 Å². The van der Waals surface area contributed by atoms with E-state index in [1.165, 1.54) is 19.3 Å². The van der Waals surface area contributed by atoms with E-state index in [4.69, 9.17) is 4.98 Å². The van der Waals surface area contributed by atoms with Crippen molar-refractivity contribution in [1.29, 1.82) is 0 Å².